The molecule has 1 N–H and O–H groups in total. The Morgan fingerprint density at radius 2 is 2.07 bits per heavy atom. The molecule has 2 unspecified atom stereocenters. The van der Waals surface area contributed by atoms with Crippen molar-refractivity contribution in [3.63, 3.8) is 0 Å². The third kappa shape index (κ3) is 5.76. The second kappa shape index (κ2) is 10.1. The van der Waals surface area contributed by atoms with Crippen molar-refractivity contribution in [2.45, 2.75) is 52.4 Å². The fourth-order valence-corrected chi connectivity index (χ4v) is 5.27. The van der Waals surface area contributed by atoms with Gasteiger partial charge in [0, 0.05) is 37.4 Å². The third-order valence-corrected chi connectivity index (χ3v) is 7.04. The maximum Gasteiger partial charge on any atom is 0.247 e. The van der Waals surface area contributed by atoms with Crippen LogP contribution in [0.5, 0.6) is 0 Å². The summed E-state index contributed by atoms with van der Waals surface area (Å²) in [4.78, 5) is 27.2. The first kappa shape index (κ1) is 23.1. The lowest BCUT2D eigenvalue weighted by Crippen LogP contribution is -2.51. The van der Waals surface area contributed by atoms with Crippen LogP contribution in [0.15, 0.2) is 34.4 Å². The molecule has 2 aliphatic carbocycles. The number of allylic oxidation sites excluding steroid dienone is 5. The van der Waals surface area contributed by atoms with E-state index in [1.165, 1.54) is 5.57 Å². The number of nitrogens with zero attached hydrogens (tertiary/aromatic N) is 1. The first-order valence-corrected chi connectivity index (χ1v) is 11.5. The smallest absolute Gasteiger partial charge is 0.247 e. The van der Waals surface area contributed by atoms with E-state index in [0.717, 1.165) is 55.7 Å². The van der Waals surface area contributed by atoms with Gasteiger partial charge < -0.3 is 15.0 Å². The van der Waals surface area contributed by atoms with E-state index in [-0.39, 0.29) is 23.8 Å². The molecule has 6 heteroatoms. The van der Waals surface area contributed by atoms with Gasteiger partial charge in [-0.3, -0.25) is 9.59 Å². The number of hydrogen-bond acceptors (Lipinski definition) is 3. The van der Waals surface area contributed by atoms with Crippen LogP contribution in [0.1, 0.15) is 52.4 Å². The topological polar surface area (TPSA) is 58.6 Å². The highest BCUT2D eigenvalue weighted by atomic mass is 35.5. The summed E-state index contributed by atoms with van der Waals surface area (Å²) >= 11 is 6.12. The van der Waals surface area contributed by atoms with Gasteiger partial charge in [0.25, 0.3) is 0 Å². The molecule has 0 aromatic carbocycles. The lowest BCUT2D eigenvalue weighted by Gasteiger charge is -2.46. The molecule has 2 amide bonds. The van der Waals surface area contributed by atoms with E-state index in [4.69, 9.17) is 16.3 Å². The summed E-state index contributed by atoms with van der Waals surface area (Å²) in [6.07, 6.45) is 11.7. The standard InChI is InChI=1S/C24H35ClN2O3/c1-24(2)16-27(12-11-21(24)18-7-9-20(25)10-8-18)22(28)14-26-23(29)19-6-4-5-17(13-19)15-30-3/h6-7,9,17,21H,4-5,8,10-16H2,1-3H3,(H,26,29). The highest BCUT2D eigenvalue weighted by molar-refractivity contribution is 6.29. The lowest BCUT2D eigenvalue weighted by molar-refractivity contribution is -0.135. The number of nitrogens with one attached hydrogen (secondary N) is 1. The van der Waals surface area contributed by atoms with Crippen LogP contribution >= 0.6 is 11.6 Å². The predicted octanol–water partition coefficient (Wildman–Crippen LogP) is 4.19. The van der Waals surface area contributed by atoms with E-state index >= 15 is 0 Å². The average molecular weight is 435 g/mol. The monoisotopic (exact) mass is 434 g/mol. The Labute approximate surface area is 185 Å². The Kier molecular flexibility index (Phi) is 7.81. The van der Waals surface area contributed by atoms with Crippen LogP contribution < -0.4 is 5.32 Å². The zero-order valence-corrected chi connectivity index (χ0v) is 19.3. The first-order valence-electron chi connectivity index (χ1n) is 11.1. The molecule has 0 radical (unpaired) electrons. The zero-order chi connectivity index (χ0) is 21.7. The van der Waals surface area contributed by atoms with Crippen LogP contribution in [0, 0.1) is 17.3 Å². The van der Waals surface area contributed by atoms with Crippen molar-refractivity contribution < 1.29 is 14.3 Å². The molecule has 0 spiro atoms. The van der Waals surface area contributed by atoms with Gasteiger partial charge in [-0.1, -0.05) is 43.2 Å². The third-order valence-electron chi connectivity index (χ3n) is 6.73. The van der Waals surface area contributed by atoms with Gasteiger partial charge in [-0.15, -0.1) is 0 Å². The highest BCUT2D eigenvalue weighted by Crippen LogP contribution is 2.42. The number of ether oxygens (including phenoxy) is 1. The molecule has 1 fully saturated rings. The van der Waals surface area contributed by atoms with Crippen LogP contribution in [0.4, 0.5) is 0 Å². The minimum Gasteiger partial charge on any atom is -0.384 e. The van der Waals surface area contributed by atoms with Crippen LogP contribution in [0.3, 0.4) is 0 Å². The number of likely N-dealkylation sites (tertiary alicyclic amines) is 1. The lowest BCUT2D eigenvalue weighted by atomic mass is 9.68. The van der Waals surface area contributed by atoms with E-state index in [9.17, 15) is 9.59 Å². The van der Waals surface area contributed by atoms with E-state index in [1.807, 2.05) is 17.1 Å². The fraction of sp³-hybridized carbons (Fsp3) is 0.667. The summed E-state index contributed by atoms with van der Waals surface area (Å²) in [5.74, 6) is 0.729. The summed E-state index contributed by atoms with van der Waals surface area (Å²) in [6.45, 7) is 6.65. The fourth-order valence-electron chi connectivity index (χ4n) is 5.11. The SMILES string of the molecule is COCC1CCC=C(C(=O)NCC(=O)N2CCC(C3=CC=C(Cl)CC3)C(C)(C)C2)C1. The van der Waals surface area contributed by atoms with E-state index in [0.29, 0.717) is 25.0 Å². The minimum absolute atomic E-state index is 0.000269. The minimum atomic E-state index is -0.116. The number of amides is 2. The molecular weight excluding hydrogens is 400 g/mol. The summed E-state index contributed by atoms with van der Waals surface area (Å²) < 4.78 is 5.23. The maximum absolute atomic E-state index is 12.8. The van der Waals surface area contributed by atoms with Gasteiger partial charge >= 0.3 is 0 Å². The summed E-state index contributed by atoms with van der Waals surface area (Å²) in [5.41, 5.74) is 2.23. The molecular formula is C24H35ClN2O3. The molecule has 2 atom stereocenters. The van der Waals surface area contributed by atoms with Gasteiger partial charge in [-0.2, -0.15) is 0 Å². The molecule has 5 nitrogen and oxygen atoms in total. The largest absolute Gasteiger partial charge is 0.384 e. The van der Waals surface area contributed by atoms with Crippen LogP contribution in [0.2, 0.25) is 0 Å². The van der Waals surface area contributed by atoms with E-state index in [1.54, 1.807) is 7.11 Å². The Morgan fingerprint density at radius 1 is 1.27 bits per heavy atom. The molecule has 1 aliphatic heterocycles. The Hall–Kier alpha value is -1.59. The van der Waals surface area contributed by atoms with Crippen molar-refractivity contribution in [1.29, 1.82) is 0 Å². The number of rotatable bonds is 6. The van der Waals surface area contributed by atoms with Crippen molar-refractivity contribution in [1.82, 2.24) is 10.2 Å². The maximum atomic E-state index is 12.8. The second-order valence-corrected chi connectivity index (χ2v) is 10.0. The van der Waals surface area contributed by atoms with Gasteiger partial charge in [0.05, 0.1) is 6.54 Å². The van der Waals surface area contributed by atoms with Crippen molar-refractivity contribution in [3.05, 3.63) is 34.4 Å². The molecule has 3 rings (SSSR count). The average Bonchev–Trinajstić information content (AvgIpc) is 2.72. The molecule has 30 heavy (non-hydrogen) atoms. The number of halogens is 1. The molecule has 3 aliphatic rings. The van der Waals surface area contributed by atoms with Crippen molar-refractivity contribution in [3.8, 4) is 0 Å². The van der Waals surface area contributed by atoms with Crippen LogP contribution in [-0.4, -0.2) is 50.1 Å². The predicted molar refractivity (Wildman–Crippen MR) is 120 cm³/mol. The normalized spacial score (nSPS) is 26.4. The molecule has 1 heterocycles. The first-order chi connectivity index (χ1) is 14.3. The van der Waals surface area contributed by atoms with Crippen molar-refractivity contribution in [2.75, 3.05) is 33.4 Å². The number of piperidine rings is 1. The molecule has 0 bridgehead atoms. The summed E-state index contributed by atoms with van der Waals surface area (Å²) in [7, 11) is 1.69. The van der Waals surface area contributed by atoms with Gasteiger partial charge in [0.15, 0.2) is 0 Å². The molecule has 0 aromatic heterocycles. The Bertz CT molecular complexity index is 754. The highest BCUT2D eigenvalue weighted by Gasteiger charge is 2.39. The molecule has 0 saturated carbocycles. The summed E-state index contributed by atoms with van der Waals surface area (Å²) in [6, 6.07) is 0. The molecule has 1 saturated heterocycles. The van der Waals surface area contributed by atoms with Crippen molar-refractivity contribution >= 4 is 23.4 Å². The van der Waals surface area contributed by atoms with Crippen molar-refractivity contribution in [2.24, 2.45) is 17.3 Å². The van der Waals surface area contributed by atoms with E-state index in [2.05, 4.69) is 25.2 Å². The Balaban J connectivity index is 1.51. The van der Waals surface area contributed by atoms with Crippen LogP contribution in [-0.2, 0) is 14.3 Å². The quantitative estimate of drug-likeness (QED) is 0.681. The number of carbonyl (C=O) groups is 2. The number of hydrogen-bond donors (Lipinski definition) is 1. The number of carbonyl (C=O) groups excluding carboxylic acids is 2. The van der Waals surface area contributed by atoms with Gasteiger partial charge in [-0.25, -0.2) is 0 Å². The van der Waals surface area contributed by atoms with Gasteiger partial charge in [0.2, 0.25) is 11.8 Å². The number of methoxy groups -OCH3 is 1. The summed E-state index contributed by atoms with van der Waals surface area (Å²) in [5, 5.41) is 3.76. The Morgan fingerprint density at radius 3 is 2.73 bits per heavy atom. The van der Waals surface area contributed by atoms with Gasteiger partial charge in [-0.05, 0) is 61.9 Å². The van der Waals surface area contributed by atoms with Gasteiger partial charge in [0.1, 0.15) is 0 Å². The van der Waals surface area contributed by atoms with Crippen LogP contribution in [0.25, 0.3) is 0 Å². The zero-order valence-electron chi connectivity index (χ0n) is 18.5. The van der Waals surface area contributed by atoms with E-state index < -0.39 is 0 Å². The molecule has 166 valence electrons. The molecule has 0 aromatic rings. The second-order valence-electron chi connectivity index (χ2n) is 9.52.